The van der Waals surface area contributed by atoms with E-state index in [1.165, 1.54) is 4.90 Å². The van der Waals surface area contributed by atoms with Gasteiger partial charge >= 0.3 is 5.97 Å². The van der Waals surface area contributed by atoms with E-state index in [-0.39, 0.29) is 11.0 Å². The van der Waals surface area contributed by atoms with Gasteiger partial charge in [0, 0.05) is 22.8 Å². The Balaban J connectivity index is 2.92. The summed E-state index contributed by atoms with van der Waals surface area (Å²) in [5.41, 5.74) is 1.21. The summed E-state index contributed by atoms with van der Waals surface area (Å²) in [4.78, 5) is 37.4. The zero-order chi connectivity index (χ0) is 20.1. The van der Waals surface area contributed by atoms with Crippen molar-refractivity contribution in [2.45, 2.75) is 47.5 Å². The van der Waals surface area contributed by atoms with Crippen LogP contribution in [0.15, 0.2) is 24.3 Å². The molecule has 1 aromatic rings. The zero-order valence-corrected chi connectivity index (χ0v) is 17.2. The molecule has 0 fully saturated rings. The topological polar surface area (TPSA) is 74.7 Å². The fraction of sp³-hybridized carbons (Fsp3) is 0.550. The van der Waals surface area contributed by atoms with Crippen molar-refractivity contribution in [3.05, 3.63) is 29.8 Å². The van der Waals surface area contributed by atoms with Gasteiger partial charge in [-0.25, -0.2) is 0 Å². The van der Waals surface area contributed by atoms with Crippen LogP contribution in [0, 0.1) is 11.3 Å². The number of hydrogen-bond donors (Lipinski definition) is 1. The standard InChI is InChI=1S/C20H29NO4S/c1-13(2)15-7-9-16(10-8-15)21(11-17(22)23)18(24)14(3)12-26-19(25)20(4,5)6/h7-10,13-14H,11-12H2,1-6H3,(H,22,23). The van der Waals surface area contributed by atoms with Gasteiger partial charge in [-0.15, -0.1) is 0 Å². The summed E-state index contributed by atoms with van der Waals surface area (Å²) in [6.07, 6.45) is 0. The van der Waals surface area contributed by atoms with E-state index >= 15 is 0 Å². The Labute approximate surface area is 160 Å². The van der Waals surface area contributed by atoms with Gasteiger partial charge in [0.2, 0.25) is 5.91 Å². The number of nitrogens with zero attached hydrogens (tertiary/aromatic N) is 1. The van der Waals surface area contributed by atoms with E-state index in [2.05, 4.69) is 13.8 Å². The number of benzene rings is 1. The third kappa shape index (κ3) is 6.48. The minimum Gasteiger partial charge on any atom is -0.480 e. The largest absolute Gasteiger partial charge is 0.480 e. The molecular formula is C20H29NO4S. The molecule has 1 atom stereocenters. The van der Waals surface area contributed by atoms with Crippen molar-refractivity contribution in [1.29, 1.82) is 0 Å². The summed E-state index contributed by atoms with van der Waals surface area (Å²) in [7, 11) is 0. The van der Waals surface area contributed by atoms with Crippen molar-refractivity contribution in [2.24, 2.45) is 11.3 Å². The summed E-state index contributed by atoms with van der Waals surface area (Å²) in [6, 6.07) is 7.36. The predicted molar refractivity (Wildman–Crippen MR) is 107 cm³/mol. The number of thioether (sulfide) groups is 1. The van der Waals surface area contributed by atoms with Crippen LogP contribution >= 0.6 is 11.8 Å². The van der Waals surface area contributed by atoms with E-state index in [1.54, 1.807) is 19.1 Å². The zero-order valence-electron chi connectivity index (χ0n) is 16.4. The number of carboxylic acid groups (broad SMARTS) is 1. The molecule has 1 unspecified atom stereocenters. The average molecular weight is 380 g/mol. The van der Waals surface area contributed by atoms with Crippen molar-refractivity contribution >= 4 is 34.4 Å². The number of carboxylic acids is 1. The fourth-order valence-corrected chi connectivity index (χ4v) is 3.20. The molecule has 26 heavy (non-hydrogen) atoms. The fourth-order valence-electron chi connectivity index (χ4n) is 2.23. The third-order valence-corrected chi connectivity index (χ3v) is 5.47. The van der Waals surface area contributed by atoms with Crippen LogP contribution in [0.25, 0.3) is 0 Å². The van der Waals surface area contributed by atoms with Crippen molar-refractivity contribution in [3.63, 3.8) is 0 Å². The highest BCUT2D eigenvalue weighted by atomic mass is 32.2. The van der Waals surface area contributed by atoms with Gasteiger partial charge in [0.15, 0.2) is 5.12 Å². The SMILES string of the molecule is CC(CSC(=O)C(C)(C)C)C(=O)N(CC(=O)O)c1ccc(C(C)C)cc1. The number of hydrogen-bond acceptors (Lipinski definition) is 4. The van der Waals surface area contributed by atoms with Gasteiger partial charge in [-0.3, -0.25) is 14.4 Å². The Kier molecular flexibility index (Phi) is 7.87. The Bertz CT molecular complexity index is 647. The minimum atomic E-state index is -1.07. The van der Waals surface area contributed by atoms with Crippen molar-refractivity contribution in [1.82, 2.24) is 0 Å². The van der Waals surface area contributed by atoms with Crippen molar-refractivity contribution in [3.8, 4) is 0 Å². The molecule has 0 radical (unpaired) electrons. The highest BCUT2D eigenvalue weighted by Crippen LogP contribution is 2.26. The monoisotopic (exact) mass is 379 g/mol. The molecule has 0 aliphatic rings. The van der Waals surface area contributed by atoms with E-state index in [9.17, 15) is 19.5 Å². The van der Waals surface area contributed by atoms with Crippen LogP contribution in [0.4, 0.5) is 5.69 Å². The highest BCUT2D eigenvalue weighted by molar-refractivity contribution is 8.13. The first-order chi connectivity index (χ1) is 11.9. The maximum absolute atomic E-state index is 12.8. The molecule has 0 saturated heterocycles. The number of carbonyl (C=O) groups is 3. The molecule has 6 heteroatoms. The third-order valence-electron chi connectivity index (χ3n) is 3.93. The maximum atomic E-state index is 12.8. The van der Waals surface area contributed by atoms with E-state index in [4.69, 9.17) is 0 Å². The normalized spacial score (nSPS) is 12.7. The maximum Gasteiger partial charge on any atom is 0.323 e. The van der Waals surface area contributed by atoms with Crippen LogP contribution in [0.3, 0.4) is 0 Å². The second kappa shape index (κ2) is 9.21. The molecule has 1 aromatic carbocycles. The van der Waals surface area contributed by atoms with Gasteiger partial charge in [0.05, 0.1) is 0 Å². The van der Waals surface area contributed by atoms with Crippen LogP contribution in [-0.2, 0) is 14.4 Å². The van der Waals surface area contributed by atoms with E-state index in [1.807, 2.05) is 32.9 Å². The van der Waals surface area contributed by atoms with Crippen LogP contribution in [0.2, 0.25) is 0 Å². The average Bonchev–Trinajstić information content (AvgIpc) is 2.55. The quantitative estimate of drug-likeness (QED) is 0.769. The minimum absolute atomic E-state index is 0.0169. The molecule has 0 aromatic heterocycles. The van der Waals surface area contributed by atoms with E-state index in [0.29, 0.717) is 17.4 Å². The number of amides is 1. The van der Waals surface area contributed by atoms with Crippen LogP contribution in [0.5, 0.6) is 0 Å². The molecule has 0 aliphatic carbocycles. The predicted octanol–water partition coefficient (Wildman–Crippen LogP) is 4.17. The molecule has 1 rings (SSSR count). The van der Waals surface area contributed by atoms with Crippen LogP contribution in [-0.4, -0.2) is 34.4 Å². The second-order valence-corrected chi connectivity index (χ2v) is 8.81. The highest BCUT2D eigenvalue weighted by Gasteiger charge is 2.27. The van der Waals surface area contributed by atoms with Crippen molar-refractivity contribution in [2.75, 3.05) is 17.2 Å². The first-order valence-electron chi connectivity index (χ1n) is 8.73. The molecule has 1 amide bonds. The molecule has 144 valence electrons. The molecule has 0 heterocycles. The first-order valence-corrected chi connectivity index (χ1v) is 9.72. The van der Waals surface area contributed by atoms with Gasteiger partial charge in [-0.2, -0.15) is 0 Å². The van der Waals surface area contributed by atoms with Crippen LogP contribution in [0.1, 0.15) is 53.0 Å². The van der Waals surface area contributed by atoms with E-state index < -0.39 is 23.8 Å². The second-order valence-electron chi connectivity index (χ2n) is 7.81. The summed E-state index contributed by atoms with van der Waals surface area (Å²) >= 11 is 1.12. The van der Waals surface area contributed by atoms with Gasteiger partial charge in [-0.05, 0) is 23.6 Å². The molecule has 0 saturated carbocycles. The smallest absolute Gasteiger partial charge is 0.323 e. The van der Waals surface area contributed by atoms with E-state index in [0.717, 1.165) is 17.3 Å². The summed E-state index contributed by atoms with van der Waals surface area (Å²) < 4.78 is 0. The molecular weight excluding hydrogens is 350 g/mol. The number of aliphatic carboxylic acids is 1. The number of carbonyl (C=O) groups excluding carboxylic acids is 2. The molecule has 0 aliphatic heterocycles. The lowest BCUT2D eigenvalue weighted by Gasteiger charge is -2.25. The molecule has 0 spiro atoms. The van der Waals surface area contributed by atoms with Gasteiger partial charge in [0.25, 0.3) is 0 Å². The lowest BCUT2D eigenvalue weighted by atomic mass is 10.00. The summed E-state index contributed by atoms with van der Waals surface area (Å²) in [5.74, 6) is -1.15. The lowest BCUT2D eigenvalue weighted by molar-refractivity contribution is -0.137. The summed E-state index contributed by atoms with van der Waals surface area (Å²) in [6.45, 7) is 11.0. The Morgan fingerprint density at radius 1 is 1.08 bits per heavy atom. The molecule has 0 bridgehead atoms. The van der Waals surface area contributed by atoms with Crippen LogP contribution < -0.4 is 4.90 Å². The Morgan fingerprint density at radius 2 is 1.62 bits per heavy atom. The summed E-state index contributed by atoms with van der Waals surface area (Å²) in [5, 5.41) is 9.21. The van der Waals surface area contributed by atoms with Gasteiger partial charge in [-0.1, -0.05) is 65.4 Å². The van der Waals surface area contributed by atoms with Gasteiger partial charge in [0.1, 0.15) is 6.54 Å². The molecule has 5 nitrogen and oxygen atoms in total. The Morgan fingerprint density at radius 3 is 2.04 bits per heavy atom. The van der Waals surface area contributed by atoms with Gasteiger partial charge < -0.3 is 10.0 Å². The number of rotatable bonds is 7. The first kappa shape index (κ1) is 22.2. The number of anilines is 1. The Hall–Kier alpha value is -1.82. The molecule has 1 N–H and O–H groups in total. The van der Waals surface area contributed by atoms with Crippen molar-refractivity contribution < 1.29 is 19.5 Å². The lowest BCUT2D eigenvalue weighted by Crippen LogP contribution is -2.40.